The minimum absolute atomic E-state index is 0.0143. The first-order valence-corrected chi connectivity index (χ1v) is 14.7. The van der Waals surface area contributed by atoms with E-state index in [-0.39, 0.29) is 34.5 Å². The van der Waals surface area contributed by atoms with Crippen LogP contribution in [0.5, 0.6) is 0 Å². The highest BCUT2D eigenvalue weighted by atomic mass is 35.5. The Morgan fingerprint density at radius 2 is 1.76 bits per heavy atom. The van der Waals surface area contributed by atoms with Gasteiger partial charge in [0.25, 0.3) is 5.91 Å². The van der Waals surface area contributed by atoms with Crippen LogP contribution in [0.1, 0.15) is 27.0 Å². The predicted molar refractivity (Wildman–Crippen MR) is 155 cm³/mol. The number of anilines is 3. The summed E-state index contributed by atoms with van der Waals surface area (Å²) in [7, 11) is -3.90. The lowest BCUT2D eigenvalue weighted by Gasteiger charge is -2.33. The van der Waals surface area contributed by atoms with E-state index in [0.717, 1.165) is 6.07 Å². The number of benzene rings is 3. The molecule has 3 N–H and O–H groups in total. The molecule has 218 valence electrons. The number of alkyl halides is 3. The number of fused-ring (bicyclic) bond motifs is 1. The summed E-state index contributed by atoms with van der Waals surface area (Å²) in [6.45, 7) is 0.795. The van der Waals surface area contributed by atoms with Gasteiger partial charge in [0.1, 0.15) is 5.82 Å². The number of nitrogens with two attached hydrogens (primary N) is 1. The third kappa shape index (κ3) is 6.51. The van der Waals surface area contributed by atoms with Gasteiger partial charge in [0, 0.05) is 30.2 Å². The SMILES string of the molecule is NS(=O)(=O)c1ccc(CN(C(=O)c2ccccc2)c2cnc3c(c2)N(Cc2cc(Cl)ccc2C(F)(F)F)CCN3)cc1. The Balaban J connectivity index is 1.53. The van der Waals surface area contributed by atoms with Crippen LogP contribution in [0.3, 0.4) is 0 Å². The number of hydrogen-bond donors (Lipinski definition) is 2. The van der Waals surface area contributed by atoms with Gasteiger partial charge in [-0.1, -0.05) is 41.9 Å². The molecule has 0 saturated heterocycles. The second kappa shape index (κ2) is 11.6. The third-order valence-electron chi connectivity index (χ3n) is 6.77. The molecular formula is C29H25ClF3N5O3S. The molecular weight excluding hydrogens is 591 g/mol. The molecule has 1 aliphatic rings. The van der Waals surface area contributed by atoms with Gasteiger partial charge in [0.05, 0.1) is 34.6 Å². The van der Waals surface area contributed by atoms with Crippen molar-refractivity contribution in [3.8, 4) is 0 Å². The lowest BCUT2D eigenvalue weighted by molar-refractivity contribution is -0.138. The number of nitrogens with zero attached hydrogens (tertiary/aromatic N) is 3. The van der Waals surface area contributed by atoms with Crippen molar-refractivity contribution < 1.29 is 26.4 Å². The Hall–Kier alpha value is -4.13. The van der Waals surface area contributed by atoms with Gasteiger partial charge in [-0.15, -0.1) is 0 Å². The maximum Gasteiger partial charge on any atom is 0.416 e. The molecule has 1 amide bonds. The molecule has 42 heavy (non-hydrogen) atoms. The van der Waals surface area contributed by atoms with E-state index in [0.29, 0.717) is 41.4 Å². The molecule has 0 fully saturated rings. The van der Waals surface area contributed by atoms with Crippen LogP contribution >= 0.6 is 11.6 Å². The number of primary sulfonamides is 1. The quantitative estimate of drug-likeness (QED) is 0.277. The lowest BCUT2D eigenvalue weighted by atomic mass is 10.1. The molecule has 0 atom stereocenters. The van der Waals surface area contributed by atoms with Crippen molar-refractivity contribution >= 4 is 44.7 Å². The van der Waals surface area contributed by atoms with Crippen molar-refractivity contribution in [1.82, 2.24) is 4.98 Å². The molecule has 1 aromatic heterocycles. The second-order valence-corrected chi connectivity index (χ2v) is 11.7. The Morgan fingerprint density at radius 1 is 1.05 bits per heavy atom. The van der Waals surface area contributed by atoms with Gasteiger partial charge in [-0.25, -0.2) is 18.5 Å². The molecule has 13 heteroatoms. The van der Waals surface area contributed by atoms with Gasteiger partial charge < -0.3 is 15.1 Å². The average molecular weight is 616 g/mol. The van der Waals surface area contributed by atoms with Crippen LogP contribution in [0, 0.1) is 0 Å². The maximum absolute atomic E-state index is 13.8. The van der Waals surface area contributed by atoms with Gasteiger partial charge in [0.2, 0.25) is 10.0 Å². The molecule has 0 unspecified atom stereocenters. The summed E-state index contributed by atoms with van der Waals surface area (Å²) < 4.78 is 64.7. The van der Waals surface area contributed by atoms with Crippen LogP contribution in [0.4, 0.5) is 30.4 Å². The monoisotopic (exact) mass is 615 g/mol. The summed E-state index contributed by atoms with van der Waals surface area (Å²) in [6, 6.07) is 19.6. The summed E-state index contributed by atoms with van der Waals surface area (Å²) >= 11 is 6.06. The van der Waals surface area contributed by atoms with Gasteiger partial charge in [-0.2, -0.15) is 13.2 Å². The summed E-state index contributed by atoms with van der Waals surface area (Å²) in [5, 5.41) is 8.56. The number of rotatable bonds is 7. The molecule has 5 rings (SSSR count). The number of sulfonamides is 1. The van der Waals surface area contributed by atoms with Gasteiger partial charge in [-0.05, 0) is 59.7 Å². The first kappa shape index (κ1) is 29.4. The minimum atomic E-state index is -4.56. The minimum Gasteiger partial charge on any atom is -0.367 e. The zero-order valence-electron chi connectivity index (χ0n) is 22.0. The number of pyridine rings is 1. The van der Waals surface area contributed by atoms with Gasteiger partial charge in [-0.3, -0.25) is 4.79 Å². The van der Waals surface area contributed by atoms with Crippen molar-refractivity contribution in [2.75, 3.05) is 28.2 Å². The van der Waals surface area contributed by atoms with E-state index in [1.54, 1.807) is 53.4 Å². The summed E-state index contributed by atoms with van der Waals surface area (Å²) in [4.78, 5) is 21.4. The van der Waals surface area contributed by atoms with Crippen LogP contribution in [0.25, 0.3) is 0 Å². The number of nitrogens with one attached hydrogen (secondary N) is 1. The highest BCUT2D eigenvalue weighted by molar-refractivity contribution is 7.89. The second-order valence-electron chi connectivity index (χ2n) is 9.66. The lowest BCUT2D eigenvalue weighted by Crippen LogP contribution is -2.35. The highest BCUT2D eigenvalue weighted by Crippen LogP contribution is 2.37. The Bertz CT molecular complexity index is 1720. The van der Waals surface area contributed by atoms with E-state index < -0.39 is 21.8 Å². The number of carbonyl (C=O) groups excluding carboxylic acids is 1. The summed E-state index contributed by atoms with van der Waals surface area (Å²) in [6.07, 6.45) is -3.05. The van der Waals surface area contributed by atoms with Crippen molar-refractivity contribution in [3.05, 3.63) is 112 Å². The fraction of sp³-hybridized carbons (Fsp3) is 0.172. The molecule has 0 bridgehead atoms. The molecule has 0 saturated carbocycles. The maximum atomic E-state index is 13.8. The highest BCUT2D eigenvalue weighted by Gasteiger charge is 2.34. The average Bonchev–Trinajstić information content (AvgIpc) is 2.95. The Kier molecular flexibility index (Phi) is 8.13. The molecule has 0 aliphatic carbocycles. The first-order valence-electron chi connectivity index (χ1n) is 12.7. The molecule has 0 spiro atoms. The van der Waals surface area contributed by atoms with Gasteiger partial charge in [0.15, 0.2) is 0 Å². The van der Waals surface area contributed by atoms with Crippen molar-refractivity contribution in [3.63, 3.8) is 0 Å². The molecule has 2 heterocycles. The number of hydrogen-bond acceptors (Lipinski definition) is 6. The molecule has 4 aromatic rings. The topological polar surface area (TPSA) is 109 Å². The smallest absolute Gasteiger partial charge is 0.367 e. The van der Waals surface area contributed by atoms with E-state index in [1.807, 2.05) is 0 Å². The Morgan fingerprint density at radius 3 is 2.43 bits per heavy atom. The van der Waals surface area contributed by atoms with Crippen LogP contribution in [0.2, 0.25) is 5.02 Å². The fourth-order valence-corrected chi connectivity index (χ4v) is 5.43. The third-order valence-corrected chi connectivity index (χ3v) is 7.94. The molecule has 0 radical (unpaired) electrons. The van der Waals surface area contributed by atoms with E-state index >= 15 is 0 Å². The summed E-state index contributed by atoms with van der Waals surface area (Å²) in [5.41, 5.74) is 1.17. The predicted octanol–water partition coefficient (Wildman–Crippen LogP) is 5.68. The molecule has 1 aliphatic heterocycles. The number of aromatic nitrogens is 1. The van der Waals surface area contributed by atoms with Crippen molar-refractivity contribution in [2.24, 2.45) is 5.14 Å². The van der Waals surface area contributed by atoms with Crippen molar-refractivity contribution in [1.29, 1.82) is 0 Å². The van der Waals surface area contributed by atoms with Gasteiger partial charge >= 0.3 is 6.18 Å². The molecule has 8 nitrogen and oxygen atoms in total. The van der Waals surface area contributed by atoms with E-state index in [4.69, 9.17) is 16.7 Å². The van der Waals surface area contributed by atoms with E-state index in [9.17, 15) is 26.4 Å². The fourth-order valence-electron chi connectivity index (χ4n) is 4.72. The Labute approximate surface area is 245 Å². The largest absolute Gasteiger partial charge is 0.416 e. The standard InChI is InChI=1S/C29H25ClF3N5O3S/c30-22-8-11-25(29(31,32)33)21(14-22)18-37-13-12-35-27-26(37)15-23(16-36-27)38(28(39)20-4-2-1-3-5-20)17-19-6-9-24(10-7-19)42(34,40)41/h1-11,14-16H,12-13,17-18H2,(H,35,36)(H2,34,40,41). The summed E-state index contributed by atoms with van der Waals surface area (Å²) in [5.74, 6) is 0.114. The van der Waals surface area contributed by atoms with Crippen LogP contribution in [-0.4, -0.2) is 32.4 Å². The van der Waals surface area contributed by atoms with Crippen molar-refractivity contribution in [2.45, 2.75) is 24.2 Å². The number of carbonyl (C=O) groups is 1. The zero-order chi connectivity index (χ0) is 30.1. The number of amides is 1. The van der Waals surface area contributed by atoms with Crippen LogP contribution < -0.4 is 20.3 Å². The zero-order valence-corrected chi connectivity index (χ0v) is 23.5. The van der Waals surface area contributed by atoms with E-state index in [2.05, 4.69) is 10.3 Å². The first-order chi connectivity index (χ1) is 19.9. The van der Waals surface area contributed by atoms with E-state index in [1.165, 1.54) is 35.4 Å². The van der Waals surface area contributed by atoms with Crippen LogP contribution in [-0.2, 0) is 29.3 Å². The normalized spacial score (nSPS) is 13.3. The van der Waals surface area contributed by atoms with Crippen LogP contribution in [0.15, 0.2) is 90.0 Å². The molecule has 3 aromatic carbocycles. The number of halogens is 4.